The van der Waals surface area contributed by atoms with E-state index in [1.165, 1.54) is 0 Å². The fraction of sp³-hybridized carbons (Fsp3) is 0.903. The average molecular weight is 714 g/mol. The lowest BCUT2D eigenvalue weighted by atomic mass is 9.86. The SMILES string of the molecule is CC/C=C\[C@H](O)C(C)C(C)N1C(CN(CC2CCCC[C@H]2O)C(CC)P(=O)(O)O)C1(CCCNC(=O)CCOCCOC)P(=O)(O)O. The van der Waals surface area contributed by atoms with Gasteiger partial charge in [0, 0.05) is 45.1 Å². The molecule has 9 atom stereocenters. The smallest absolute Gasteiger partial charge is 0.347 e. The summed E-state index contributed by atoms with van der Waals surface area (Å²) in [5.74, 6) is -2.10. The van der Waals surface area contributed by atoms with Crippen LogP contribution in [0.1, 0.15) is 85.5 Å². The first-order valence-electron chi connectivity index (χ1n) is 17.1. The van der Waals surface area contributed by atoms with Crippen LogP contribution in [0.5, 0.6) is 0 Å². The fourth-order valence-corrected chi connectivity index (χ4v) is 9.77. The third kappa shape index (κ3) is 11.9. The number of rotatable bonds is 23. The minimum Gasteiger partial charge on any atom is -0.393 e. The van der Waals surface area contributed by atoms with Crippen molar-refractivity contribution in [3.05, 3.63) is 12.2 Å². The Kier molecular flexibility index (Phi) is 17.7. The van der Waals surface area contributed by atoms with Crippen LogP contribution in [0.25, 0.3) is 0 Å². The van der Waals surface area contributed by atoms with Gasteiger partial charge in [0.05, 0.1) is 38.1 Å². The van der Waals surface area contributed by atoms with Crippen molar-refractivity contribution in [1.29, 1.82) is 0 Å². The predicted molar refractivity (Wildman–Crippen MR) is 180 cm³/mol. The topological polar surface area (TPSA) is 209 Å². The van der Waals surface area contributed by atoms with E-state index in [2.05, 4.69) is 5.32 Å². The van der Waals surface area contributed by atoms with Crippen LogP contribution in [0, 0.1) is 11.8 Å². The zero-order valence-corrected chi connectivity index (χ0v) is 30.6. The Labute approximate surface area is 280 Å². The Balaban J connectivity index is 2.37. The van der Waals surface area contributed by atoms with Crippen LogP contribution in [-0.2, 0) is 23.4 Å². The molecule has 1 heterocycles. The van der Waals surface area contributed by atoms with Gasteiger partial charge in [-0.3, -0.25) is 23.7 Å². The van der Waals surface area contributed by atoms with Gasteiger partial charge in [-0.2, -0.15) is 0 Å². The molecule has 0 aromatic rings. The second-order valence-electron chi connectivity index (χ2n) is 13.1. The number of aliphatic hydroxyl groups excluding tert-OH is 2. The Morgan fingerprint density at radius 3 is 2.34 bits per heavy atom. The molecule has 1 saturated heterocycles. The molecule has 1 aliphatic carbocycles. The van der Waals surface area contributed by atoms with Gasteiger partial charge in [0.1, 0.15) is 11.1 Å². The van der Waals surface area contributed by atoms with Crippen LogP contribution < -0.4 is 5.32 Å². The van der Waals surface area contributed by atoms with Gasteiger partial charge in [-0.05, 0) is 51.4 Å². The van der Waals surface area contributed by atoms with Crippen molar-refractivity contribution in [1.82, 2.24) is 15.1 Å². The minimum absolute atomic E-state index is 0.0110. The molecule has 7 unspecified atom stereocenters. The largest absolute Gasteiger partial charge is 0.393 e. The number of aliphatic hydroxyl groups is 2. The standard InChI is InChI=1S/C31H61N3O11P2/c1-6-8-13-26(35)23(3)24(4)34-28(22-33(30(7-2)46(38,39)40)21-25-12-9-10-14-27(25)36)31(34,47(41,42)43)16-11-17-32-29(37)15-18-45-20-19-44-5/h8,13,23-28,30,35-36H,6-7,9-12,14-22H2,1-5H3,(H,32,37)(H2,38,39,40)(H2,41,42,43)/b13-8-/t23?,24?,25?,26-,27+,28?,30?,31?,34?/m0/s1. The van der Waals surface area contributed by atoms with Crippen LogP contribution in [-0.4, -0.2) is 127 Å². The summed E-state index contributed by atoms with van der Waals surface area (Å²) in [6.45, 7) is 8.52. The van der Waals surface area contributed by atoms with E-state index in [4.69, 9.17) is 9.47 Å². The van der Waals surface area contributed by atoms with Crippen LogP contribution >= 0.6 is 15.2 Å². The number of carbonyl (C=O) groups is 1. The van der Waals surface area contributed by atoms with Gasteiger partial charge in [-0.25, -0.2) is 0 Å². The third-order valence-corrected chi connectivity index (χ3v) is 13.2. The molecule has 0 radical (unpaired) electrons. The van der Waals surface area contributed by atoms with Crippen LogP contribution in [0.3, 0.4) is 0 Å². The number of nitrogens with one attached hydrogen (secondary N) is 1. The Bertz CT molecular complexity index is 1070. The highest BCUT2D eigenvalue weighted by atomic mass is 31.2. The average Bonchev–Trinajstić information content (AvgIpc) is 3.65. The molecule has 2 fully saturated rings. The zero-order chi connectivity index (χ0) is 35.4. The van der Waals surface area contributed by atoms with E-state index in [-0.39, 0.29) is 63.7 Å². The van der Waals surface area contributed by atoms with E-state index in [9.17, 15) is 43.7 Å². The number of carbonyl (C=O) groups excluding carboxylic acids is 1. The van der Waals surface area contributed by atoms with Crippen molar-refractivity contribution in [2.45, 2.75) is 121 Å². The fourth-order valence-electron chi connectivity index (χ4n) is 7.08. The highest BCUT2D eigenvalue weighted by molar-refractivity contribution is 7.54. The summed E-state index contributed by atoms with van der Waals surface area (Å²) >= 11 is 0. The summed E-state index contributed by atoms with van der Waals surface area (Å²) in [5, 5.41) is 22.8. The molecular formula is C31H61N3O11P2. The molecule has 47 heavy (non-hydrogen) atoms. The second-order valence-corrected chi connectivity index (χ2v) is 16.8. The minimum atomic E-state index is -4.89. The third-order valence-electron chi connectivity index (χ3n) is 9.93. The van der Waals surface area contributed by atoms with Crippen molar-refractivity contribution < 1.29 is 53.2 Å². The van der Waals surface area contributed by atoms with Gasteiger partial charge in [0.2, 0.25) is 5.91 Å². The number of amides is 1. The molecule has 0 bridgehead atoms. The lowest BCUT2D eigenvalue weighted by Crippen LogP contribution is -2.45. The van der Waals surface area contributed by atoms with Crippen LogP contribution in [0.15, 0.2) is 12.2 Å². The van der Waals surface area contributed by atoms with E-state index in [1.807, 2.05) is 19.9 Å². The molecular weight excluding hydrogens is 652 g/mol. The number of hydrogen-bond acceptors (Lipinski definition) is 9. The Morgan fingerprint density at radius 2 is 1.77 bits per heavy atom. The van der Waals surface area contributed by atoms with Crippen LogP contribution in [0.4, 0.5) is 0 Å². The summed E-state index contributed by atoms with van der Waals surface area (Å²) < 4.78 is 36.4. The quantitative estimate of drug-likeness (QED) is 0.0352. The molecule has 0 aromatic carbocycles. The summed E-state index contributed by atoms with van der Waals surface area (Å²) in [5.41, 5.74) is 0. The first-order valence-corrected chi connectivity index (χ1v) is 20.4. The molecule has 1 saturated carbocycles. The maximum Gasteiger partial charge on any atom is 0.347 e. The van der Waals surface area contributed by atoms with E-state index in [1.54, 1.807) is 36.8 Å². The van der Waals surface area contributed by atoms with Crippen molar-refractivity contribution >= 4 is 21.1 Å². The van der Waals surface area contributed by atoms with Gasteiger partial charge in [0.15, 0.2) is 0 Å². The molecule has 2 aliphatic rings. The predicted octanol–water partition coefficient (Wildman–Crippen LogP) is 2.61. The van der Waals surface area contributed by atoms with E-state index in [0.717, 1.165) is 12.8 Å². The lowest BCUT2D eigenvalue weighted by Gasteiger charge is -2.37. The van der Waals surface area contributed by atoms with E-state index < -0.39 is 56.5 Å². The molecule has 1 aliphatic heterocycles. The summed E-state index contributed by atoms with van der Waals surface area (Å²) in [7, 11) is -7.99. The molecule has 7 N–H and O–H groups in total. The zero-order valence-electron chi connectivity index (χ0n) is 28.8. The molecule has 276 valence electrons. The molecule has 1 amide bonds. The first kappa shape index (κ1) is 42.4. The number of ether oxygens (including phenoxy) is 2. The molecule has 0 aromatic heterocycles. The number of allylic oxidation sites excluding steroid dienone is 1. The number of methoxy groups -OCH3 is 1. The van der Waals surface area contributed by atoms with Crippen molar-refractivity contribution in [2.75, 3.05) is 46.6 Å². The number of nitrogens with zero attached hydrogens (tertiary/aromatic N) is 2. The van der Waals surface area contributed by atoms with Gasteiger partial charge in [0.25, 0.3) is 0 Å². The normalized spacial score (nSPS) is 27.9. The Morgan fingerprint density at radius 1 is 1.09 bits per heavy atom. The van der Waals surface area contributed by atoms with Gasteiger partial charge in [-0.15, -0.1) is 0 Å². The summed E-state index contributed by atoms with van der Waals surface area (Å²) in [6.07, 6.45) is 6.23. The lowest BCUT2D eigenvalue weighted by molar-refractivity contribution is -0.122. The van der Waals surface area contributed by atoms with E-state index >= 15 is 0 Å². The van der Waals surface area contributed by atoms with Gasteiger partial charge >= 0.3 is 15.2 Å². The van der Waals surface area contributed by atoms with Crippen molar-refractivity contribution in [3.63, 3.8) is 0 Å². The van der Waals surface area contributed by atoms with Gasteiger partial charge < -0.3 is 44.6 Å². The van der Waals surface area contributed by atoms with Crippen molar-refractivity contribution in [3.8, 4) is 0 Å². The molecule has 16 heteroatoms. The number of hydrogen-bond donors (Lipinski definition) is 7. The van der Waals surface area contributed by atoms with Gasteiger partial charge in [-0.1, -0.05) is 45.8 Å². The highest BCUT2D eigenvalue weighted by Gasteiger charge is 2.73. The first-order chi connectivity index (χ1) is 22.1. The second kappa shape index (κ2) is 19.6. The maximum atomic E-state index is 13.5. The highest BCUT2D eigenvalue weighted by Crippen LogP contribution is 2.69. The molecule has 2 rings (SSSR count). The van der Waals surface area contributed by atoms with Crippen LogP contribution in [0.2, 0.25) is 0 Å². The van der Waals surface area contributed by atoms with Crippen molar-refractivity contribution in [2.24, 2.45) is 11.8 Å². The summed E-state index contributed by atoms with van der Waals surface area (Å²) in [4.78, 5) is 58.3. The summed E-state index contributed by atoms with van der Waals surface area (Å²) in [6, 6.07) is -1.31. The molecule has 0 spiro atoms. The maximum absolute atomic E-state index is 13.5. The Hall–Kier alpha value is -0.730. The van der Waals surface area contributed by atoms with E-state index in [0.29, 0.717) is 32.5 Å². The monoisotopic (exact) mass is 713 g/mol. The molecule has 14 nitrogen and oxygen atoms in total.